The first-order valence-corrected chi connectivity index (χ1v) is 6.22. The number of hydrogen-bond donors (Lipinski definition) is 2. The smallest absolute Gasteiger partial charge is 0.305 e. The van der Waals surface area contributed by atoms with Crippen molar-refractivity contribution in [3.63, 3.8) is 0 Å². The molecule has 3 heteroatoms. The molecular formula is C16H17NO2. The van der Waals surface area contributed by atoms with E-state index in [1.165, 1.54) is 0 Å². The molecule has 0 radical (unpaired) electrons. The van der Waals surface area contributed by atoms with Gasteiger partial charge in [0.2, 0.25) is 0 Å². The van der Waals surface area contributed by atoms with E-state index in [0.29, 0.717) is 0 Å². The fraction of sp³-hybridized carbons (Fsp3) is 0.188. The molecule has 3 nitrogen and oxygen atoms in total. The Bertz CT molecular complexity index is 593. The molecule has 1 atom stereocenters. The highest BCUT2D eigenvalue weighted by atomic mass is 16.4. The van der Waals surface area contributed by atoms with Gasteiger partial charge in [-0.1, -0.05) is 48.5 Å². The molecule has 3 N–H and O–H groups in total. The van der Waals surface area contributed by atoms with Gasteiger partial charge < -0.3 is 10.8 Å². The Labute approximate surface area is 112 Å². The minimum Gasteiger partial charge on any atom is -0.481 e. The second-order valence-corrected chi connectivity index (χ2v) is 4.61. The minimum atomic E-state index is -0.882. The molecule has 0 saturated heterocycles. The molecule has 0 aromatic heterocycles. The fourth-order valence-corrected chi connectivity index (χ4v) is 2.24. The molecular weight excluding hydrogens is 238 g/mol. The van der Waals surface area contributed by atoms with E-state index in [9.17, 15) is 4.79 Å². The van der Waals surface area contributed by atoms with Gasteiger partial charge in [0.1, 0.15) is 0 Å². The number of carboxylic acids is 1. The van der Waals surface area contributed by atoms with Crippen LogP contribution in [0.1, 0.15) is 23.6 Å². The Morgan fingerprint density at radius 1 is 1.11 bits per heavy atom. The number of carboxylic acid groups (broad SMARTS) is 1. The van der Waals surface area contributed by atoms with Crippen LogP contribution < -0.4 is 5.73 Å². The Morgan fingerprint density at radius 2 is 1.68 bits per heavy atom. The largest absolute Gasteiger partial charge is 0.481 e. The number of benzene rings is 2. The van der Waals surface area contributed by atoms with Crippen LogP contribution in [-0.2, 0) is 4.79 Å². The normalized spacial score (nSPS) is 12.1. The molecule has 0 fully saturated rings. The summed E-state index contributed by atoms with van der Waals surface area (Å²) in [6.45, 7) is 2.04. The van der Waals surface area contributed by atoms with Crippen molar-refractivity contribution < 1.29 is 9.90 Å². The quantitative estimate of drug-likeness (QED) is 0.882. The van der Waals surface area contributed by atoms with Crippen LogP contribution in [0.3, 0.4) is 0 Å². The van der Waals surface area contributed by atoms with Gasteiger partial charge >= 0.3 is 5.97 Å². The van der Waals surface area contributed by atoms with E-state index >= 15 is 0 Å². The van der Waals surface area contributed by atoms with Crippen molar-refractivity contribution in [3.8, 4) is 11.1 Å². The van der Waals surface area contributed by atoms with Crippen molar-refractivity contribution in [2.24, 2.45) is 5.73 Å². The van der Waals surface area contributed by atoms with Gasteiger partial charge in [-0.15, -0.1) is 0 Å². The Morgan fingerprint density at radius 3 is 2.32 bits per heavy atom. The lowest BCUT2D eigenvalue weighted by Gasteiger charge is -2.16. The molecule has 98 valence electrons. The highest BCUT2D eigenvalue weighted by Crippen LogP contribution is 2.30. The van der Waals surface area contributed by atoms with Crippen LogP contribution in [-0.4, -0.2) is 11.1 Å². The van der Waals surface area contributed by atoms with Crippen molar-refractivity contribution in [1.82, 2.24) is 0 Å². The number of aliphatic carboxylic acids is 1. The van der Waals surface area contributed by atoms with E-state index < -0.39 is 12.0 Å². The van der Waals surface area contributed by atoms with E-state index in [0.717, 1.165) is 22.3 Å². The van der Waals surface area contributed by atoms with Gasteiger partial charge in [-0.25, -0.2) is 0 Å². The van der Waals surface area contributed by atoms with Gasteiger partial charge in [-0.3, -0.25) is 4.79 Å². The van der Waals surface area contributed by atoms with Crippen molar-refractivity contribution in [3.05, 3.63) is 59.7 Å². The average molecular weight is 255 g/mol. The monoisotopic (exact) mass is 255 g/mol. The minimum absolute atomic E-state index is 0.0666. The van der Waals surface area contributed by atoms with Crippen molar-refractivity contribution in [2.45, 2.75) is 19.4 Å². The fourth-order valence-electron chi connectivity index (χ4n) is 2.24. The van der Waals surface area contributed by atoms with Gasteiger partial charge in [0, 0.05) is 6.04 Å². The van der Waals surface area contributed by atoms with E-state index in [-0.39, 0.29) is 6.42 Å². The Balaban J connectivity index is 2.47. The van der Waals surface area contributed by atoms with Crippen LogP contribution in [0.4, 0.5) is 0 Å². The van der Waals surface area contributed by atoms with E-state index in [1.54, 1.807) is 0 Å². The molecule has 0 aliphatic heterocycles. The van der Waals surface area contributed by atoms with E-state index in [4.69, 9.17) is 10.8 Å². The third-order valence-corrected chi connectivity index (χ3v) is 3.19. The zero-order chi connectivity index (χ0) is 13.8. The molecule has 19 heavy (non-hydrogen) atoms. The number of carbonyl (C=O) groups is 1. The Hall–Kier alpha value is -2.13. The molecule has 0 amide bonds. The maximum absolute atomic E-state index is 10.8. The summed E-state index contributed by atoms with van der Waals surface area (Å²) >= 11 is 0. The van der Waals surface area contributed by atoms with Crippen LogP contribution in [0.15, 0.2) is 48.5 Å². The molecule has 0 heterocycles. The van der Waals surface area contributed by atoms with Gasteiger partial charge in [0.25, 0.3) is 0 Å². The lowest BCUT2D eigenvalue weighted by atomic mass is 9.91. The van der Waals surface area contributed by atoms with E-state index in [1.807, 2.05) is 55.5 Å². The molecule has 0 spiro atoms. The predicted molar refractivity (Wildman–Crippen MR) is 75.8 cm³/mol. The summed E-state index contributed by atoms with van der Waals surface area (Å²) in [6, 6.07) is 15.2. The highest BCUT2D eigenvalue weighted by Gasteiger charge is 2.15. The predicted octanol–water partition coefficient (Wildman–Crippen LogP) is 3.14. The summed E-state index contributed by atoms with van der Waals surface area (Å²) in [4.78, 5) is 10.8. The van der Waals surface area contributed by atoms with Crippen molar-refractivity contribution >= 4 is 5.97 Å². The average Bonchev–Trinajstić information content (AvgIpc) is 2.38. The zero-order valence-corrected chi connectivity index (χ0v) is 10.8. The molecule has 2 aromatic carbocycles. The zero-order valence-electron chi connectivity index (χ0n) is 10.8. The second kappa shape index (κ2) is 5.67. The maximum atomic E-state index is 10.8. The van der Waals surface area contributed by atoms with Gasteiger partial charge in [-0.05, 0) is 29.2 Å². The third kappa shape index (κ3) is 3.01. The van der Waals surface area contributed by atoms with Crippen LogP contribution in [0.5, 0.6) is 0 Å². The summed E-state index contributed by atoms with van der Waals surface area (Å²) in [5.74, 6) is -0.882. The van der Waals surface area contributed by atoms with E-state index in [2.05, 4.69) is 0 Å². The third-order valence-electron chi connectivity index (χ3n) is 3.19. The molecule has 0 aliphatic carbocycles. The lowest BCUT2D eigenvalue weighted by molar-refractivity contribution is -0.137. The number of nitrogens with two attached hydrogens (primary N) is 1. The first kappa shape index (κ1) is 13.3. The van der Waals surface area contributed by atoms with Crippen LogP contribution in [0.2, 0.25) is 0 Å². The van der Waals surface area contributed by atoms with Gasteiger partial charge in [0.05, 0.1) is 6.42 Å². The van der Waals surface area contributed by atoms with Gasteiger partial charge in [-0.2, -0.15) is 0 Å². The summed E-state index contributed by atoms with van der Waals surface area (Å²) in [6.07, 6.45) is -0.0666. The second-order valence-electron chi connectivity index (χ2n) is 4.61. The molecule has 0 saturated carbocycles. The first-order valence-electron chi connectivity index (χ1n) is 6.22. The summed E-state index contributed by atoms with van der Waals surface area (Å²) in [7, 11) is 0. The summed E-state index contributed by atoms with van der Waals surface area (Å²) in [5, 5.41) is 8.88. The van der Waals surface area contributed by atoms with Crippen LogP contribution in [0.25, 0.3) is 11.1 Å². The lowest BCUT2D eigenvalue weighted by Crippen LogP contribution is -2.16. The molecule has 2 rings (SSSR count). The standard InChI is InChI=1S/C16H17NO2/c1-11-6-2-3-7-12(11)13-8-4-5-9-14(13)15(17)10-16(18)19/h2-9,15H,10,17H2,1H3,(H,18,19). The number of hydrogen-bond acceptors (Lipinski definition) is 2. The summed E-state index contributed by atoms with van der Waals surface area (Å²) < 4.78 is 0. The number of rotatable bonds is 4. The molecule has 1 unspecified atom stereocenters. The first-order chi connectivity index (χ1) is 9.09. The van der Waals surface area contributed by atoms with Crippen LogP contribution >= 0.6 is 0 Å². The number of aryl methyl sites for hydroxylation is 1. The molecule has 2 aromatic rings. The SMILES string of the molecule is Cc1ccccc1-c1ccccc1C(N)CC(=O)O. The Kier molecular flexibility index (Phi) is 3.97. The summed E-state index contributed by atoms with van der Waals surface area (Å²) in [5.41, 5.74) is 10.1. The topological polar surface area (TPSA) is 63.3 Å². The molecule has 0 bridgehead atoms. The van der Waals surface area contributed by atoms with Crippen LogP contribution in [0, 0.1) is 6.92 Å². The van der Waals surface area contributed by atoms with Gasteiger partial charge in [0.15, 0.2) is 0 Å². The maximum Gasteiger partial charge on any atom is 0.305 e. The molecule has 0 aliphatic rings. The highest BCUT2D eigenvalue weighted by molar-refractivity contribution is 5.73. The van der Waals surface area contributed by atoms with Crippen molar-refractivity contribution in [2.75, 3.05) is 0 Å². The van der Waals surface area contributed by atoms with Crippen molar-refractivity contribution in [1.29, 1.82) is 0 Å².